The third-order valence-corrected chi connectivity index (χ3v) is 4.05. The summed E-state index contributed by atoms with van der Waals surface area (Å²) in [6, 6.07) is 7.36. The maximum Gasteiger partial charge on any atom is 0.118 e. The van der Waals surface area contributed by atoms with E-state index in [4.69, 9.17) is 0 Å². The van der Waals surface area contributed by atoms with Crippen LogP contribution in [0.5, 0.6) is 5.75 Å². The fourth-order valence-electron chi connectivity index (χ4n) is 2.71. The van der Waals surface area contributed by atoms with Crippen molar-refractivity contribution in [3.8, 4) is 5.75 Å². The van der Waals surface area contributed by atoms with Crippen molar-refractivity contribution in [2.24, 2.45) is 0 Å². The number of hydrogen-bond acceptors (Lipinski definition) is 4. The van der Waals surface area contributed by atoms with Crippen LogP contribution in [0.4, 0.5) is 5.69 Å². The lowest BCUT2D eigenvalue weighted by atomic mass is 10.1. The van der Waals surface area contributed by atoms with Crippen molar-refractivity contribution >= 4 is 50.6 Å². The molecule has 4 nitrogen and oxygen atoms in total. The Bertz CT molecular complexity index is 591. The zero-order chi connectivity index (χ0) is 15.8. The molecule has 0 spiro atoms. The van der Waals surface area contributed by atoms with Gasteiger partial charge < -0.3 is 15.3 Å². The average molecular weight is 463 g/mol. The third kappa shape index (κ3) is 6.95. The highest BCUT2D eigenvalue weighted by Crippen LogP contribution is 2.26. The van der Waals surface area contributed by atoms with E-state index < -0.39 is 0 Å². The van der Waals surface area contributed by atoms with Gasteiger partial charge in [-0.05, 0) is 44.6 Å². The molecule has 0 amide bonds. The van der Waals surface area contributed by atoms with Gasteiger partial charge in [0.25, 0.3) is 0 Å². The van der Waals surface area contributed by atoms with Gasteiger partial charge in [0, 0.05) is 24.2 Å². The Morgan fingerprint density at radius 3 is 2.54 bits per heavy atom. The second-order valence-electron chi connectivity index (χ2n) is 5.58. The minimum atomic E-state index is 0. The lowest BCUT2D eigenvalue weighted by Crippen LogP contribution is -2.23. The number of pyridine rings is 1. The van der Waals surface area contributed by atoms with Crippen LogP contribution in [0.2, 0.25) is 0 Å². The Kier molecular flexibility index (Phi) is 12.1. The van der Waals surface area contributed by atoms with Crippen molar-refractivity contribution in [1.29, 1.82) is 0 Å². The number of phenols is 1. The zero-order valence-corrected chi connectivity index (χ0v) is 17.9. The number of aromatic hydroxyl groups is 1. The lowest BCUT2D eigenvalue weighted by Gasteiger charge is -2.17. The van der Waals surface area contributed by atoms with E-state index in [9.17, 15) is 5.11 Å². The molecule has 0 aliphatic rings. The first kappa shape index (κ1) is 23.1. The number of aromatic nitrogens is 1. The van der Waals surface area contributed by atoms with Gasteiger partial charge in [0.2, 0.25) is 0 Å². The predicted molar refractivity (Wildman–Crippen MR) is 114 cm³/mol. The smallest absolute Gasteiger partial charge is 0.118 e. The first-order valence-electron chi connectivity index (χ1n) is 8.28. The van der Waals surface area contributed by atoms with E-state index in [1.54, 1.807) is 18.3 Å². The number of unbranched alkanes of at least 4 members (excludes halogenated alkanes) is 2. The minimum Gasteiger partial charge on any atom is -0.508 e. The van der Waals surface area contributed by atoms with E-state index >= 15 is 0 Å². The topological polar surface area (TPSA) is 48.4 Å². The van der Waals surface area contributed by atoms with Gasteiger partial charge in [-0.25, -0.2) is 0 Å². The molecule has 0 radical (unpaired) electrons. The van der Waals surface area contributed by atoms with Crippen LogP contribution >= 0.6 is 34.0 Å². The highest BCUT2D eigenvalue weighted by molar-refractivity contribution is 8.93. The van der Waals surface area contributed by atoms with E-state index in [1.807, 2.05) is 12.1 Å². The van der Waals surface area contributed by atoms with Gasteiger partial charge in [0.15, 0.2) is 0 Å². The fourth-order valence-corrected chi connectivity index (χ4v) is 2.71. The Hall–Kier alpha value is -0.850. The molecule has 0 fully saturated rings. The van der Waals surface area contributed by atoms with Crippen LogP contribution < -0.4 is 5.32 Å². The van der Waals surface area contributed by atoms with Crippen LogP contribution in [0.25, 0.3) is 10.9 Å². The minimum absolute atomic E-state index is 0. The highest BCUT2D eigenvalue weighted by Gasteiger charge is 2.04. The van der Waals surface area contributed by atoms with Gasteiger partial charge in [-0.2, -0.15) is 0 Å². The lowest BCUT2D eigenvalue weighted by molar-refractivity contribution is 0.296. The van der Waals surface area contributed by atoms with Crippen LogP contribution in [0, 0.1) is 0 Å². The average Bonchev–Trinajstić information content (AvgIpc) is 2.54. The molecule has 0 unspecified atom stereocenters. The quantitative estimate of drug-likeness (QED) is 0.513. The number of benzene rings is 1. The highest BCUT2D eigenvalue weighted by atomic mass is 79.9. The number of hydrogen-bond donors (Lipinski definition) is 2. The van der Waals surface area contributed by atoms with Crippen LogP contribution in [0.3, 0.4) is 0 Å². The van der Waals surface area contributed by atoms with Crippen molar-refractivity contribution in [2.45, 2.75) is 33.1 Å². The molecule has 2 N–H and O–H groups in total. The molecule has 0 saturated heterocycles. The van der Waals surface area contributed by atoms with Crippen LogP contribution in [-0.2, 0) is 0 Å². The summed E-state index contributed by atoms with van der Waals surface area (Å²) in [5.41, 5.74) is 1.84. The van der Waals surface area contributed by atoms with E-state index in [2.05, 4.69) is 29.0 Å². The molecule has 0 aliphatic heterocycles. The maximum absolute atomic E-state index is 9.79. The molecule has 0 saturated carbocycles. The van der Waals surface area contributed by atoms with Crippen molar-refractivity contribution in [3.05, 3.63) is 30.5 Å². The zero-order valence-electron chi connectivity index (χ0n) is 14.5. The Balaban J connectivity index is 0.00000264. The molecule has 24 heavy (non-hydrogen) atoms. The maximum atomic E-state index is 9.79. The van der Waals surface area contributed by atoms with E-state index in [-0.39, 0.29) is 39.7 Å². The molecule has 0 aliphatic carbocycles. The molecule has 136 valence electrons. The summed E-state index contributed by atoms with van der Waals surface area (Å²) in [7, 11) is 0. The van der Waals surface area contributed by atoms with Crippen LogP contribution in [0.15, 0.2) is 30.5 Å². The molecular weight excluding hydrogens is 434 g/mol. The first-order chi connectivity index (χ1) is 10.7. The summed E-state index contributed by atoms with van der Waals surface area (Å²) in [6.07, 6.45) is 5.37. The van der Waals surface area contributed by atoms with E-state index in [0.29, 0.717) is 0 Å². The van der Waals surface area contributed by atoms with Gasteiger partial charge in [-0.3, -0.25) is 4.98 Å². The van der Waals surface area contributed by atoms with Crippen molar-refractivity contribution in [2.75, 3.05) is 31.5 Å². The summed E-state index contributed by atoms with van der Waals surface area (Å²) in [5, 5.41) is 14.2. The molecule has 1 aromatic heterocycles. The van der Waals surface area contributed by atoms with Crippen molar-refractivity contribution in [3.63, 3.8) is 0 Å². The summed E-state index contributed by atoms with van der Waals surface area (Å²) in [5.74, 6) is 0.282. The number of rotatable bonds is 9. The summed E-state index contributed by atoms with van der Waals surface area (Å²) in [6.45, 7) is 8.79. The van der Waals surface area contributed by atoms with Crippen molar-refractivity contribution < 1.29 is 5.11 Å². The van der Waals surface area contributed by atoms with E-state index in [0.717, 1.165) is 42.6 Å². The Morgan fingerprint density at radius 1 is 1.08 bits per heavy atom. The Morgan fingerprint density at radius 2 is 1.83 bits per heavy atom. The van der Waals surface area contributed by atoms with Crippen LogP contribution in [-0.4, -0.2) is 41.2 Å². The predicted octanol–water partition coefficient (Wildman–Crippen LogP) is 5.02. The van der Waals surface area contributed by atoms with Gasteiger partial charge >= 0.3 is 0 Å². The standard InChI is InChI=1S/C18H27N3O.2BrH/c1-3-21(4-2)12-7-5-6-10-19-17-14-16(22)13-15-9-8-11-20-18(15)17;;/h8-9,11,13-14,19,22H,3-7,10,12H2,1-2H3;2*1H. The van der Waals surface area contributed by atoms with Crippen molar-refractivity contribution in [1.82, 2.24) is 9.88 Å². The molecular formula is C18H29Br2N3O. The number of nitrogens with zero attached hydrogens (tertiary/aromatic N) is 2. The second kappa shape index (κ2) is 12.5. The third-order valence-electron chi connectivity index (χ3n) is 4.05. The van der Waals surface area contributed by atoms with E-state index in [1.165, 1.54) is 19.4 Å². The SMILES string of the molecule is Br.Br.CCN(CC)CCCCCNc1cc(O)cc2cccnc12. The summed E-state index contributed by atoms with van der Waals surface area (Å²) < 4.78 is 0. The molecule has 6 heteroatoms. The number of anilines is 1. The second-order valence-corrected chi connectivity index (χ2v) is 5.58. The van der Waals surface area contributed by atoms with Gasteiger partial charge in [-0.15, -0.1) is 34.0 Å². The van der Waals surface area contributed by atoms with Crippen LogP contribution in [0.1, 0.15) is 33.1 Å². The number of fused-ring (bicyclic) bond motifs is 1. The van der Waals surface area contributed by atoms with Gasteiger partial charge in [0.05, 0.1) is 11.2 Å². The molecule has 1 aromatic carbocycles. The molecule has 0 bridgehead atoms. The molecule has 2 rings (SSSR count). The molecule has 0 atom stereocenters. The normalized spacial score (nSPS) is 10.3. The number of halogens is 2. The number of nitrogens with one attached hydrogen (secondary N) is 1. The molecule has 1 heterocycles. The fraction of sp³-hybridized carbons (Fsp3) is 0.500. The molecule has 2 aromatic rings. The summed E-state index contributed by atoms with van der Waals surface area (Å²) in [4.78, 5) is 6.86. The summed E-state index contributed by atoms with van der Waals surface area (Å²) >= 11 is 0. The monoisotopic (exact) mass is 461 g/mol. The van der Waals surface area contributed by atoms with Gasteiger partial charge in [-0.1, -0.05) is 26.3 Å². The van der Waals surface area contributed by atoms with Gasteiger partial charge in [0.1, 0.15) is 5.75 Å². The Labute approximate surface area is 166 Å². The first-order valence-corrected chi connectivity index (χ1v) is 8.28. The number of phenolic OH excluding ortho intramolecular Hbond substituents is 1. The largest absolute Gasteiger partial charge is 0.508 e.